The maximum atomic E-state index is 6.00. The number of halogens is 1. The van der Waals surface area contributed by atoms with Gasteiger partial charge in [0.15, 0.2) is 0 Å². The molecule has 0 aliphatic rings. The van der Waals surface area contributed by atoms with E-state index < -0.39 is 0 Å². The summed E-state index contributed by atoms with van der Waals surface area (Å²) in [6, 6.07) is 3.94. The molecule has 1 aromatic heterocycles. The van der Waals surface area contributed by atoms with Crippen molar-refractivity contribution in [3.63, 3.8) is 0 Å². The van der Waals surface area contributed by atoms with Crippen molar-refractivity contribution in [1.82, 2.24) is 9.97 Å². The fraction of sp³-hybridized carbons (Fsp3) is 0.500. The molecule has 0 aliphatic heterocycles. The number of nitrogen functional groups attached to an aromatic ring is 1. The second-order valence-corrected chi connectivity index (χ2v) is 5.68. The van der Waals surface area contributed by atoms with E-state index in [0.717, 1.165) is 33.4 Å². The molecule has 3 N–H and O–H groups in total. The van der Waals surface area contributed by atoms with Gasteiger partial charge >= 0.3 is 0 Å². The van der Waals surface area contributed by atoms with Crippen molar-refractivity contribution in [3.05, 3.63) is 22.4 Å². The molecule has 0 fully saturated rings. The van der Waals surface area contributed by atoms with Gasteiger partial charge in [0.25, 0.3) is 0 Å². The molecule has 0 radical (unpaired) electrons. The van der Waals surface area contributed by atoms with Crippen LogP contribution in [-0.4, -0.2) is 9.97 Å². The molecule has 0 amide bonds. The quantitative estimate of drug-likeness (QED) is 0.794. The number of imidazole rings is 1. The minimum absolute atomic E-state index is 0.510. The topological polar surface area (TPSA) is 54.7 Å². The molecule has 2 rings (SSSR count). The number of H-pyrrole nitrogens is 1. The van der Waals surface area contributed by atoms with E-state index in [2.05, 4.69) is 39.7 Å². The van der Waals surface area contributed by atoms with Crippen molar-refractivity contribution in [2.75, 3.05) is 5.73 Å². The van der Waals surface area contributed by atoms with Gasteiger partial charge in [0.1, 0.15) is 11.3 Å². The third-order valence-electron chi connectivity index (χ3n) is 3.38. The number of hydrogen-bond donors (Lipinski definition) is 2. The lowest BCUT2D eigenvalue weighted by molar-refractivity contribution is 0.549. The smallest absolute Gasteiger partial charge is 0.112 e. The lowest BCUT2D eigenvalue weighted by Crippen LogP contribution is -1.99. The Bertz CT molecular complexity index is 533. The summed E-state index contributed by atoms with van der Waals surface area (Å²) >= 11 is 3.46. The van der Waals surface area contributed by atoms with Crippen LogP contribution >= 0.6 is 15.9 Å². The normalized spacial score (nSPS) is 13.1. The number of benzene rings is 1. The van der Waals surface area contributed by atoms with Crippen molar-refractivity contribution in [1.29, 1.82) is 0 Å². The highest BCUT2D eigenvalue weighted by Gasteiger charge is 2.15. The Morgan fingerprint density at radius 3 is 2.83 bits per heavy atom. The Kier molecular flexibility index (Phi) is 4.27. The lowest BCUT2D eigenvalue weighted by atomic mass is 9.99. The second kappa shape index (κ2) is 5.74. The minimum atomic E-state index is 0.510. The van der Waals surface area contributed by atoms with Gasteiger partial charge in [-0.15, -0.1) is 0 Å². The van der Waals surface area contributed by atoms with E-state index in [4.69, 9.17) is 5.73 Å². The fourth-order valence-electron chi connectivity index (χ4n) is 2.30. The molecule has 2 aromatic rings. The number of fused-ring (bicyclic) bond motifs is 1. The van der Waals surface area contributed by atoms with Crippen LogP contribution in [0.4, 0.5) is 5.69 Å². The van der Waals surface area contributed by atoms with E-state index in [1.54, 1.807) is 0 Å². The summed E-state index contributed by atoms with van der Waals surface area (Å²) in [5, 5.41) is 0. The molecule has 18 heavy (non-hydrogen) atoms. The Morgan fingerprint density at radius 1 is 1.39 bits per heavy atom. The highest BCUT2D eigenvalue weighted by Crippen LogP contribution is 2.29. The van der Waals surface area contributed by atoms with Crippen molar-refractivity contribution in [3.8, 4) is 0 Å². The molecule has 0 saturated heterocycles. The van der Waals surface area contributed by atoms with Gasteiger partial charge in [0.05, 0.1) is 11.2 Å². The van der Waals surface area contributed by atoms with Gasteiger partial charge in [-0.1, -0.05) is 42.6 Å². The monoisotopic (exact) mass is 309 g/mol. The zero-order valence-corrected chi connectivity index (χ0v) is 12.5. The van der Waals surface area contributed by atoms with Gasteiger partial charge in [-0.2, -0.15) is 0 Å². The summed E-state index contributed by atoms with van der Waals surface area (Å²) in [6.45, 7) is 4.44. The Labute approximate surface area is 116 Å². The molecular weight excluding hydrogens is 290 g/mol. The van der Waals surface area contributed by atoms with Crippen LogP contribution in [0.15, 0.2) is 16.6 Å². The van der Waals surface area contributed by atoms with Crippen LogP contribution in [0.25, 0.3) is 11.0 Å². The fourth-order valence-corrected chi connectivity index (χ4v) is 2.78. The van der Waals surface area contributed by atoms with Gasteiger partial charge in [-0.25, -0.2) is 4.98 Å². The number of aromatic amines is 1. The van der Waals surface area contributed by atoms with Crippen LogP contribution in [0.5, 0.6) is 0 Å². The Balaban J connectivity index is 2.36. The minimum Gasteiger partial charge on any atom is -0.397 e. The summed E-state index contributed by atoms with van der Waals surface area (Å²) in [5.74, 6) is 1.58. The van der Waals surface area contributed by atoms with E-state index in [-0.39, 0.29) is 0 Å². The van der Waals surface area contributed by atoms with E-state index in [1.807, 2.05) is 12.1 Å². The van der Waals surface area contributed by atoms with Crippen LogP contribution in [0, 0.1) is 0 Å². The molecule has 0 bridgehead atoms. The number of hydrogen-bond acceptors (Lipinski definition) is 2. The first kappa shape index (κ1) is 13.4. The number of nitrogens with one attached hydrogen (secondary N) is 1. The molecule has 0 spiro atoms. The van der Waals surface area contributed by atoms with Gasteiger partial charge in [-0.05, 0) is 25.0 Å². The third kappa shape index (κ3) is 2.69. The summed E-state index contributed by atoms with van der Waals surface area (Å²) in [7, 11) is 0. The first-order chi connectivity index (χ1) is 8.65. The van der Waals surface area contributed by atoms with Crippen LogP contribution in [0.1, 0.15) is 51.3 Å². The summed E-state index contributed by atoms with van der Waals surface area (Å²) in [5.41, 5.74) is 8.64. The van der Waals surface area contributed by atoms with Crippen LogP contribution in [0.3, 0.4) is 0 Å². The molecule has 3 nitrogen and oxygen atoms in total. The van der Waals surface area contributed by atoms with E-state index >= 15 is 0 Å². The standard InChI is InChI=1S/C14H20BrN3/c1-3-5-6-9(4-2)14-17-12-8-10(15)7-11(16)13(12)18-14/h7-9H,3-6,16H2,1-2H3,(H,17,18). The molecular formula is C14H20BrN3. The number of nitrogens with two attached hydrogens (primary N) is 1. The Morgan fingerprint density at radius 2 is 2.17 bits per heavy atom. The number of aromatic nitrogens is 2. The van der Waals surface area contributed by atoms with Crippen LogP contribution < -0.4 is 5.73 Å². The molecule has 98 valence electrons. The molecule has 1 atom stereocenters. The van der Waals surface area contributed by atoms with Gasteiger partial charge < -0.3 is 10.7 Å². The third-order valence-corrected chi connectivity index (χ3v) is 3.84. The summed E-state index contributed by atoms with van der Waals surface area (Å²) < 4.78 is 0.990. The predicted molar refractivity (Wildman–Crippen MR) is 80.8 cm³/mol. The van der Waals surface area contributed by atoms with Gasteiger partial charge in [0, 0.05) is 10.4 Å². The van der Waals surface area contributed by atoms with Gasteiger partial charge in [0.2, 0.25) is 0 Å². The predicted octanol–water partition coefficient (Wildman–Crippen LogP) is 4.59. The molecule has 1 heterocycles. The van der Waals surface area contributed by atoms with Crippen molar-refractivity contribution >= 4 is 32.7 Å². The maximum absolute atomic E-state index is 6.00. The molecule has 1 aromatic carbocycles. The van der Waals surface area contributed by atoms with Crippen molar-refractivity contribution in [2.24, 2.45) is 0 Å². The SMILES string of the molecule is CCCCC(CC)c1nc2c(N)cc(Br)cc2[nH]1. The first-order valence-corrected chi connectivity index (χ1v) is 7.39. The lowest BCUT2D eigenvalue weighted by Gasteiger charge is -2.10. The largest absolute Gasteiger partial charge is 0.397 e. The van der Waals surface area contributed by atoms with Gasteiger partial charge in [-0.3, -0.25) is 0 Å². The van der Waals surface area contributed by atoms with E-state index in [1.165, 1.54) is 19.3 Å². The zero-order valence-electron chi connectivity index (χ0n) is 11.0. The highest BCUT2D eigenvalue weighted by molar-refractivity contribution is 9.10. The van der Waals surface area contributed by atoms with E-state index in [0.29, 0.717) is 5.92 Å². The molecule has 1 unspecified atom stereocenters. The Hall–Kier alpha value is -1.03. The maximum Gasteiger partial charge on any atom is 0.112 e. The zero-order chi connectivity index (χ0) is 13.1. The first-order valence-electron chi connectivity index (χ1n) is 6.60. The number of nitrogens with zero attached hydrogens (tertiary/aromatic N) is 1. The molecule has 0 aliphatic carbocycles. The number of unbranched alkanes of at least 4 members (excludes halogenated alkanes) is 1. The van der Waals surface area contributed by atoms with Crippen LogP contribution in [-0.2, 0) is 0 Å². The van der Waals surface area contributed by atoms with Crippen molar-refractivity contribution in [2.45, 2.75) is 45.4 Å². The molecule has 0 saturated carbocycles. The average Bonchev–Trinajstić information content (AvgIpc) is 2.74. The number of rotatable bonds is 5. The second-order valence-electron chi connectivity index (χ2n) is 4.76. The van der Waals surface area contributed by atoms with E-state index in [9.17, 15) is 0 Å². The number of anilines is 1. The average molecular weight is 310 g/mol. The summed E-state index contributed by atoms with van der Waals surface area (Å²) in [6.07, 6.45) is 4.77. The van der Waals surface area contributed by atoms with Crippen molar-refractivity contribution < 1.29 is 0 Å². The summed E-state index contributed by atoms with van der Waals surface area (Å²) in [4.78, 5) is 8.09. The highest BCUT2D eigenvalue weighted by atomic mass is 79.9. The van der Waals surface area contributed by atoms with Crippen LogP contribution in [0.2, 0.25) is 0 Å². The molecule has 4 heteroatoms.